The highest BCUT2D eigenvalue weighted by Gasteiger charge is 2.26. The molecule has 2 aromatic rings. The first-order valence-electron chi connectivity index (χ1n) is 9.53. The molecule has 0 spiro atoms. The van der Waals surface area contributed by atoms with E-state index in [9.17, 15) is 9.18 Å². The third-order valence-electron chi connectivity index (χ3n) is 5.28. The molecule has 0 aliphatic carbocycles. The number of rotatable bonds is 3. The van der Waals surface area contributed by atoms with E-state index in [1.807, 2.05) is 7.05 Å². The first-order valence-corrected chi connectivity index (χ1v) is 9.53. The predicted molar refractivity (Wildman–Crippen MR) is 100 cm³/mol. The molecule has 0 bridgehead atoms. The minimum Gasteiger partial charge on any atom is -0.467 e. The largest absolute Gasteiger partial charge is 0.467 e. The quantitative estimate of drug-likeness (QED) is 0.878. The minimum absolute atomic E-state index is 0.131. The average molecular weight is 388 g/mol. The molecule has 8 heteroatoms. The monoisotopic (exact) mass is 388 g/mol. The second-order valence-electron chi connectivity index (χ2n) is 7.57. The first kappa shape index (κ1) is 18.7. The van der Waals surface area contributed by atoms with Gasteiger partial charge in [-0.05, 0) is 12.1 Å². The topological polar surface area (TPSA) is 68.6 Å². The molecule has 1 aromatic carbocycles. The van der Waals surface area contributed by atoms with E-state index < -0.39 is 0 Å². The predicted octanol–water partition coefficient (Wildman–Crippen LogP) is 2.82. The molecule has 1 aromatic heterocycles. The van der Waals surface area contributed by atoms with Gasteiger partial charge in [0.1, 0.15) is 17.4 Å². The Labute approximate surface area is 163 Å². The molecule has 0 saturated heterocycles. The summed E-state index contributed by atoms with van der Waals surface area (Å²) < 4.78 is 26.7. The Kier molecular flexibility index (Phi) is 4.97. The van der Waals surface area contributed by atoms with Crippen molar-refractivity contribution >= 4 is 6.03 Å². The van der Waals surface area contributed by atoms with E-state index in [2.05, 4.69) is 23.7 Å². The number of hydrogen-bond donors (Lipinski definition) is 1. The zero-order chi connectivity index (χ0) is 19.8. The number of carbonyl (C=O) groups is 1. The van der Waals surface area contributed by atoms with Gasteiger partial charge in [-0.2, -0.15) is 0 Å². The molecule has 28 heavy (non-hydrogen) atoms. The van der Waals surface area contributed by atoms with Gasteiger partial charge in [-0.15, -0.1) is 0 Å². The number of carbonyl (C=O) groups excluding carboxylic acids is 1. The fourth-order valence-corrected chi connectivity index (χ4v) is 3.91. The van der Waals surface area contributed by atoms with Crippen LogP contribution in [0.2, 0.25) is 0 Å². The molecular weight excluding hydrogens is 363 g/mol. The van der Waals surface area contributed by atoms with E-state index in [0.717, 1.165) is 17.9 Å². The van der Waals surface area contributed by atoms with Crippen molar-refractivity contribution in [1.82, 2.24) is 19.8 Å². The van der Waals surface area contributed by atoms with Crippen LogP contribution in [0.15, 0.2) is 12.1 Å². The van der Waals surface area contributed by atoms with Crippen molar-refractivity contribution in [1.29, 1.82) is 0 Å². The second kappa shape index (κ2) is 7.43. The van der Waals surface area contributed by atoms with Crippen molar-refractivity contribution in [3.8, 4) is 5.75 Å². The number of nitrogens with zero attached hydrogens (tertiary/aromatic N) is 3. The van der Waals surface area contributed by atoms with Gasteiger partial charge in [0, 0.05) is 49.3 Å². The average Bonchev–Trinajstić information content (AvgIpc) is 3.02. The van der Waals surface area contributed by atoms with Gasteiger partial charge in [-0.1, -0.05) is 13.8 Å². The summed E-state index contributed by atoms with van der Waals surface area (Å²) in [7, 11) is 2.04. The van der Waals surface area contributed by atoms with E-state index >= 15 is 0 Å². The molecule has 7 nitrogen and oxygen atoms in total. The Morgan fingerprint density at radius 1 is 1.39 bits per heavy atom. The molecular formula is C20H25FN4O3. The smallest absolute Gasteiger partial charge is 0.318 e. The van der Waals surface area contributed by atoms with Crippen LogP contribution in [0.4, 0.5) is 9.18 Å². The van der Waals surface area contributed by atoms with Crippen LogP contribution in [0.5, 0.6) is 5.75 Å². The Morgan fingerprint density at radius 2 is 2.21 bits per heavy atom. The normalized spacial score (nSPS) is 15.8. The molecule has 0 atom stereocenters. The second-order valence-corrected chi connectivity index (χ2v) is 7.57. The van der Waals surface area contributed by atoms with Gasteiger partial charge in [0.05, 0.1) is 18.8 Å². The lowest BCUT2D eigenvalue weighted by molar-refractivity contribution is -0.0173. The molecule has 2 aliphatic rings. The number of urea groups is 1. The molecule has 0 fully saturated rings. The molecule has 0 unspecified atom stereocenters. The Bertz CT molecular complexity index is 909. The van der Waals surface area contributed by atoms with Crippen LogP contribution >= 0.6 is 0 Å². The van der Waals surface area contributed by atoms with Crippen LogP contribution in [0.25, 0.3) is 0 Å². The number of halogens is 1. The zero-order valence-corrected chi connectivity index (χ0v) is 16.4. The van der Waals surface area contributed by atoms with Crippen LogP contribution in [0.3, 0.4) is 0 Å². The summed E-state index contributed by atoms with van der Waals surface area (Å²) in [5.41, 5.74) is 3.42. The number of ether oxygens (including phenoxy) is 2. The maximum Gasteiger partial charge on any atom is 0.318 e. The summed E-state index contributed by atoms with van der Waals surface area (Å²) in [6, 6.07) is 2.61. The number of hydrogen-bond acceptors (Lipinski definition) is 4. The van der Waals surface area contributed by atoms with E-state index in [4.69, 9.17) is 14.5 Å². The van der Waals surface area contributed by atoms with Crippen LogP contribution in [0.1, 0.15) is 48.1 Å². The van der Waals surface area contributed by atoms with Crippen molar-refractivity contribution in [2.75, 3.05) is 13.3 Å². The number of nitrogens with one attached hydrogen (secondary N) is 1. The van der Waals surface area contributed by atoms with Crippen molar-refractivity contribution in [3.63, 3.8) is 0 Å². The lowest BCUT2D eigenvalue weighted by Crippen LogP contribution is -2.42. The molecule has 2 aliphatic heterocycles. The summed E-state index contributed by atoms with van der Waals surface area (Å²) >= 11 is 0. The van der Waals surface area contributed by atoms with E-state index in [0.29, 0.717) is 42.5 Å². The van der Waals surface area contributed by atoms with E-state index in [1.54, 1.807) is 4.90 Å². The highest BCUT2D eigenvalue weighted by atomic mass is 19.1. The Hall–Kier alpha value is -2.61. The summed E-state index contributed by atoms with van der Waals surface area (Å²) in [5.74, 6) is 1.61. The van der Waals surface area contributed by atoms with Gasteiger partial charge in [-0.25, -0.2) is 14.2 Å². The number of imidazole rings is 1. The van der Waals surface area contributed by atoms with Gasteiger partial charge in [-0.3, -0.25) is 0 Å². The third kappa shape index (κ3) is 3.44. The summed E-state index contributed by atoms with van der Waals surface area (Å²) in [6.45, 7) is 5.97. The van der Waals surface area contributed by atoms with Crippen LogP contribution < -0.4 is 10.1 Å². The molecule has 150 valence electrons. The Balaban J connectivity index is 1.44. The molecule has 1 N–H and O–H groups in total. The minimum atomic E-state index is -0.366. The molecule has 0 saturated carbocycles. The van der Waals surface area contributed by atoms with E-state index in [1.165, 1.54) is 17.8 Å². The number of benzene rings is 1. The van der Waals surface area contributed by atoms with Crippen molar-refractivity contribution in [2.24, 2.45) is 7.05 Å². The highest BCUT2D eigenvalue weighted by Crippen LogP contribution is 2.29. The van der Waals surface area contributed by atoms with Crippen molar-refractivity contribution in [2.45, 2.75) is 45.9 Å². The molecule has 4 rings (SSSR count). The van der Waals surface area contributed by atoms with Gasteiger partial charge in [0.2, 0.25) is 0 Å². The number of amides is 2. The van der Waals surface area contributed by atoms with Crippen molar-refractivity contribution < 1.29 is 18.7 Å². The van der Waals surface area contributed by atoms with Gasteiger partial charge < -0.3 is 24.3 Å². The maximum absolute atomic E-state index is 13.9. The van der Waals surface area contributed by atoms with Gasteiger partial charge in [0.25, 0.3) is 0 Å². The zero-order valence-electron chi connectivity index (χ0n) is 16.4. The number of fused-ring (bicyclic) bond motifs is 2. The fraction of sp³-hybridized carbons (Fsp3) is 0.500. The first-order chi connectivity index (χ1) is 13.4. The summed E-state index contributed by atoms with van der Waals surface area (Å²) in [6.07, 6.45) is 0.773. The van der Waals surface area contributed by atoms with Crippen LogP contribution in [-0.4, -0.2) is 33.8 Å². The van der Waals surface area contributed by atoms with E-state index in [-0.39, 0.29) is 25.2 Å². The van der Waals surface area contributed by atoms with Gasteiger partial charge in [0.15, 0.2) is 6.79 Å². The lowest BCUT2D eigenvalue weighted by atomic mass is 10.1. The van der Waals surface area contributed by atoms with Gasteiger partial charge >= 0.3 is 6.03 Å². The highest BCUT2D eigenvalue weighted by molar-refractivity contribution is 5.74. The summed E-state index contributed by atoms with van der Waals surface area (Å²) in [5, 5.41) is 2.89. The summed E-state index contributed by atoms with van der Waals surface area (Å²) in [4.78, 5) is 19.2. The molecule has 3 heterocycles. The number of aromatic nitrogens is 2. The Morgan fingerprint density at radius 3 is 3.00 bits per heavy atom. The standard InChI is InChI=1S/C20H25FN4O3/c1-12(2)19-23-16-9-25(5-4-17(16)24(19)3)20(26)22-8-13-6-15(21)7-14-10-27-11-28-18(13)14/h6-7,12H,4-5,8-11H2,1-3H3,(H,22,26). The SMILES string of the molecule is CC(C)c1nc2c(n1C)CCN(C(=O)NCc1cc(F)cc3c1OCOC3)C2. The van der Waals surface area contributed by atoms with Crippen LogP contribution in [0, 0.1) is 5.82 Å². The molecule has 2 amide bonds. The fourth-order valence-electron chi connectivity index (χ4n) is 3.91. The maximum atomic E-state index is 13.9. The third-order valence-corrected chi connectivity index (χ3v) is 5.28. The van der Waals surface area contributed by atoms with Crippen LogP contribution in [-0.2, 0) is 37.9 Å². The lowest BCUT2D eigenvalue weighted by Gasteiger charge is -2.27. The molecule has 0 radical (unpaired) electrons. The van der Waals surface area contributed by atoms with Crippen molar-refractivity contribution in [3.05, 3.63) is 46.3 Å².